The van der Waals surface area contributed by atoms with Crippen LogP contribution < -0.4 is 14.2 Å². The quantitative estimate of drug-likeness (QED) is 0.454. The van der Waals surface area contributed by atoms with Gasteiger partial charge in [0.2, 0.25) is 10.0 Å². The fourth-order valence-electron chi connectivity index (χ4n) is 2.50. The highest BCUT2D eigenvalue weighted by molar-refractivity contribution is 7.89. The van der Waals surface area contributed by atoms with Gasteiger partial charge in [-0.3, -0.25) is 0 Å². The summed E-state index contributed by atoms with van der Waals surface area (Å²) in [4.78, 5) is 12.4. The summed E-state index contributed by atoms with van der Waals surface area (Å²) in [6.07, 6.45) is 1.44. The number of nitrogens with zero attached hydrogens (tertiary/aromatic N) is 4. The maximum absolute atomic E-state index is 12.5. The van der Waals surface area contributed by atoms with Crippen LogP contribution in [0.4, 0.5) is 0 Å². The largest absolute Gasteiger partial charge is 0.495 e. The molecule has 0 spiro atoms. The summed E-state index contributed by atoms with van der Waals surface area (Å²) in [7, 11) is -2.51. The van der Waals surface area contributed by atoms with Crippen molar-refractivity contribution in [2.45, 2.75) is 24.8 Å². The molecule has 29 heavy (non-hydrogen) atoms. The Kier molecular flexibility index (Phi) is 5.89. The molecule has 0 atom stereocenters. The van der Waals surface area contributed by atoms with E-state index in [0.717, 1.165) is 0 Å². The first-order chi connectivity index (χ1) is 13.8. The van der Waals surface area contributed by atoms with Crippen LogP contribution in [0.1, 0.15) is 24.2 Å². The molecule has 1 N–H and O–H groups in total. The van der Waals surface area contributed by atoms with Crippen molar-refractivity contribution in [3.8, 4) is 17.2 Å². The molecule has 152 valence electrons. The summed E-state index contributed by atoms with van der Waals surface area (Å²) >= 11 is 0. The van der Waals surface area contributed by atoms with Crippen LogP contribution in [-0.4, -0.2) is 47.7 Å². The Labute approximate surface area is 167 Å². The van der Waals surface area contributed by atoms with Crippen molar-refractivity contribution in [3.63, 3.8) is 0 Å². The predicted molar refractivity (Wildman–Crippen MR) is 103 cm³/mol. The Hall–Kier alpha value is -3.31. The van der Waals surface area contributed by atoms with Crippen LogP contribution in [-0.2, 0) is 10.0 Å². The number of carbonyl (C=O) groups is 1. The minimum Gasteiger partial charge on any atom is -0.495 e. The molecule has 0 aliphatic carbocycles. The Bertz CT molecular complexity index is 1100. The van der Waals surface area contributed by atoms with Gasteiger partial charge in [0, 0.05) is 6.04 Å². The van der Waals surface area contributed by atoms with Gasteiger partial charge in [-0.2, -0.15) is 0 Å². The number of methoxy groups -OCH3 is 1. The molecule has 0 saturated carbocycles. The Morgan fingerprint density at radius 3 is 2.45 bits per heavy atom. The number of hydrogen-bond acceptors (Lipinski definition) is 8. The van der Waals surface area contributed by atoms with Crippen molar-refractivity contribution >= 4 is 16.0 Å². The van der Waals surface area contributed by atoms with E-state index in [1.165, 1.54) is 36.3 Å². The van der Waals surface area contributed by atoms with Crippen molar-refractivity contribution in [3.05, 3.63) is 54.4 Å². The number of hydrogen-bond donors (Lipinski definition) is 1. The number of carbonyl (C=O) groups excluding carboxylic acids is 1. The fourth-order valence-corrected chi connectivity index (χ4v) is 3.95. The number of benzene rings is 2. The zero-order valence-electron chi connectivity index (χ0n) is 15.9. The third-order valence-corrected chi connectivity index (χ3v) is 5.42. The lowest BCUT2D eigenvalue weighted by Gasteiger charge is -2.14. The van der Waals surface area contributed by atoms with Gasteiger partial charge < -0.3 is 9.47 Å². The number of tetrazole rings is 1. The number of sulfonamides is 1. The smallest absolute Gasteiger partial charge is 0.343 e. The molecule has 1 aromatic heterocycles. The van der Waals surface area contributed by atoms with E-state index >= 15 is 0 Å². The highest BCUT2D eigenvalue weighted by Gasteiger charge is 2.23. The lowest BCUT2D eigenvalue weighted by Crippen LogP contribution is -2.30. The van der Waals surface area contributed by atoms with E-state index in [-0.39, 0.29) is 28.0 Å². The molecule has 0 aliphatic rings. The van der Waals surface area contributed by atoms with Gasteiger partial charge in [-0.25, -0.2) is 22.6 Å². The van der Waals surface area contributed by atoms with Gasteiger partial charge in [0.15, 0.2) is 0 Å². The molecule has 0 bridgehead atoms. The minimum atomic E-state index is -3.87. The van der Waals surface area contributed by atoms with Gasteiger partial charge in [0.25, 0.3) is 0 Å². The monoisotopic (exact) mass is 417 g/mol. The molecule has 3 rings (SSSR count). The van der Waals surface area contributed by atoms with Crippen molar-refractivity contribution in [1.82, 2.24) is 24.9 Å². The molecule has 0 unspecified atom stereocenters. The first-order valence-corrected chi connectivity index (χ1v) is 10.0. The van der Waals surface area contributed by atoms with E-state index in [1.54, 1.807) is 38.1 Å². The molecular weight excluding hydrogens is 398 g/mol. The van der Waals surface area contributed by atoms with E-state index in [4.69, 9.17) is 9.47 Å². The topological polar surface area (TPSA) is 125 Å². The molecule has 11 heteroatoms. The first kappa shape index (κ1) is 20.4. The predicted octanol–water partition coefficient (Wildman–Crippen LogP) is 1.58. The van der Waals surface area contributed by atoms with Gasteiger partial charge >= 0.3 is 5.97 Å². The molecule has 0 fully saturated rings. The van der Waals surface area contributed by atoms with Crippen LogP contribution in [0, 0.1) is 0 Å². The second-order valence-corrected chi connectivity index (χ2v) is 7.96. The molecule has 0 amide bonds. The molecule has 3 aromatic rings. The van der Waals surface area contributed by atoms with Crippen LogP contribution in [0.5, 0.6) is 11.5 Å². The summed E-state index contributed by atoms with van der Waals surface area (Å²) < 4.78 is 39.5. The lowest BCUT2D eigenvalue weighted by molar-refractivity contribution is 0.0734. The number of esters is 1. The number of rotatable bonds is 7. The van der Waals surface area contributed by atoms with Gasteiger partial charge in [-0.1, -0.05) is 0 Å². The zero-order chi connectivity index (χ0) is 21.0. The van der Waals surface area contributed by atoms with E-state index in [9.17, 15) is 13.2 Å². The Balaban J connectivity index is 1.83. The van der Waals surface area contributed by atoms with E-state index in [2.05, 4.69) is 20.2 Å². The van der Waals surface area contributed by atoms with Crippen LogP contribution in [0.3, 0.4) is 0 Å². The Morgan fingerprint density at radius 1 is 1.14 bits per heavy atom. The molecule has 0 saturated heterocycles. The maximum Gasteiger partial charge on any atom is 0.343 e. The second-order valence-electron chi connectivity index (χ2n) is 6.28. The van der Waals surface area contributed by atoms with Gasteiger partial charge in [-0.05, 0) is 66.7 Å². The minimum absolute atomic E-state index is 0.0690. The van der Waals surface area contributed by atoms with Crippen molar-refractivity contribution in [1.29, 1.82) is 0 Å². The summed E-state index contributed by atoms with van der Waals surface area (Å²) in [5.74, 6) is -0.295. The molecule has 10 nitrogen and oxygen atoms in total. The lowest BCUT2D eigenvalue weighted by atomic mass is 10.2. The third kappa shape index (κ3) is 4.76. The van der Waals surface area contributed by atoms with Gasteiger partial charge in [0.05, 0.1) is 18.4 Å². The van der Waals surface area contributed by atoms with Crippen LogP contribution in [0.25, 0.3) is 5.69 Å². The Morgan fingerprint density at radius 2 is 1.86 bits per heavy atom. The van der Waals surface area contributed by atoms with Crippen molar-refractivity contribution in [2.75, 3.05) is 7.11 Å². The normalized spacial score (nSPS) is 11.4. The summed E-state index contributed by atoms with van der Waals surface area (Å²) in [6.45, 7) is 3.39. The average Bonchev–Trinajstić information content (AvgIpc) is 3.22. The first-order valence-electron chi connectivity index (χ1n) is 8.56. The van der Waals surface area contributed by atoms with Crippen molar-refractivity contribution in [2.24, 2.45) is 0 Å². The van der Waals surface area contributed by atoms with Gasteiger partial charge in [0.1, 0.15) is 22.7 Å². The SMILES string of the molecule is COc1ccc(C(=O)Oc2ccc(-n3cnnn3)cc2)cc1S(=O)(=O)NC(C)C. The van der Waals surface area contributed by atoms with Gasteiger partial charge in [-0.15, -0.1) is 5.10 Å². The molecule has 1 heterocycles. The molecular formula is C18H19N5O5S. The third-order valence-electron chi connectivity index (χ3n) is 3.74. The van der Waals surface area contributed by atoms with E-state index in [1.807, 2.05) is 0 Å². The number of aromatic nitrogens is 4. The van der Waals surface area contributed by atoms with Crippen LogP contribution in [0.15, 0.2) is 53.7 Å². The number of nitrogens with one attached hydrogen (secondary N) is 1. The molecule has 0 radical (unpaired) electrons. The summed E-state index contributed by atoms with van der Waals surface area (Å²) in [5.41, 5.74) is 0.756. The standard InChI is InChI=1S/C18H19N5O5S/c1-12(2)20-29(25,26)17-10-13(4-9-16(17)27-3)18(24)28-15-7-5-14(6-8-15)23-11-19-21-22-23/h4-12,20H,1-3H3. The molecule has 2 aromatic carbocycles. The fraction of sp³-hybridized carbons (Fsp3) is 0.222. The highest BCUT2D eigenvalue weighted by atomic mass is 32.2. The maximum atomic E-state index is 12.5. The summed E-state index contributed by atoms with van der Waals surface area (Å²) in [6, 6.07) is 10.3. The van der Waals surface area contributed by atoms with E-state index < -0.39 is 16.0 Å². The zero-order valence-corrected chi connectivity index (χ0v) is 16.8. The van der Waals surface area contributed by atoms with Crippen LogP contribution in [0.2, 0.25) is 0 Å². The second kappa shape index (κ2) is 8.37. The summed E-state index contributed by atoms with van der Waals surface area (Å²) in [5, 5.41) is 10.9. The van der Waals surface area contributed by atoms with Crippen molar-refractivity contribution < 1.29 is 22.7 Å². The van der Waals surface area contributed by atoms with E-state index in [0.29, 0.717) is 5.69 Å². The van der Waals surface area contributed by atoms with Crippen LogP contribution >= 0.6 is 0 Å². The number of ether oxygens (including phenoxy) is 2. The highest BCUT2D eigenvalue weighted by Crippen LogP contribution is 2.26. The average molecular weight is 417 g/mol. The molecule has 0 aliphatic heterocycles.